The van der Waals surface area contributed by atoms with E-state index in [4.69, 9.17) is 5.11 Å². The van der Waals surface area contributed by atoms with Crippen LogP contribution in [0.4, 0.5) is 0 Å². The SMILES string of the molecule is CC(C)(C)CN(CC(=O)O)Cc1cc2ncccc2s1. The van der Waals surface area contributed by atoms with Gasteiger partial charge in [0.15, 0.2) is 0 Å². The Bertz CT molecular complexity index is 568. The zero-order chi connectivity index (χ0) is 14.8. The molecule has 2 aromatic heterocycles. The minimum Gasteiger partial charge on any atom is -0.480 e. The first-order valence-corrected chi connectivity index (χ1v) is 7.43. The van der Waals surface area contributed by atoms with Crippen LogP contribution in [0, 0.1) is 5.41 Å². The highest BCUT2D eigenvalue weighted by molar-refractivity contribution is 7.19. The van der Waals surface area contributed by atoms with Crippen LogP contribution in [0.25, 0.3) is 10.2 Å². The molecule has 0 spiro atoms. The number of carboxylic acid groups (broad SMARTS) is 1. The molecule has 0 atom stereocenters. The van der Waals surface area contributed by atoms with Crippen LogP contribution in [0.5, 0.6) is 0 Å². The Balaban J connectivity index is 2.15. The predicted octanol–water partition coefficient (Wildman–Crippen LogP) is 3.23. The summed E-state index contributed by atoms with van der Waals surface area (Å²) in [6.45, 7) is 7.83. The number of carbonyl (C=O) groups is 1. The van der Waals surface area contributed by atoms with Crippen LogP contribution < -0.4 is 0 Å². The molecule has 0 saturated carbocycles. The molecule has 0 radical (unpaired) electrons. The summed E-state index contributed by atoms with van der Waals surface area (Å²) in [6.07, 6.45) is 1.78. The number of carboxylic acids is 1. The molecule has 108 valence electrons. The second-order valence-corrected chi connectivity index (χ2v) is 7.37. The number of rotatable bonds is 5. The Morgan fingerprint density at radius 3 is 2.80 bits per heavy atom. The second-order valence-electron chi connectivity index (χ2n) is 6.20. The predicted molar refractivity (Wildman–Crippen MR) is 82.0 cm³/mol. The fourth-order valence-corrected chi connectivity index (χ4v) is 3.31. The van der Waals surface area contributed by atoms with Gasteiger partial charge in [0, 0.05) is 24.2 Å². The molecule has 1 N–H and O–H groups in total. The van der Waals surface area contributed by atoms with Crippen LogP contribution in [-0.4, -0.2) is 34.0 Å². The van der Waals surface area contributed by atoms with Crippen molar-refractivity contribution < 1.29 is 9.90 Å². The molecular weight excluding hydrogens is 272 g/mol. The first-order chi connectivity index (χ1) is 9.33. The Hall–Kier alpha value is -1.46. The van der Waals surface area contributed by atoms with Gasteiger partial charge in [-0.25, -0.2) is 0 Å². The summed E-state index contributed by atoms with van der Waals surface area (Å²) in [5.41, 5.74) is 1.06. The maximum atomic E-state index is 11.0. The molecule has 0 aliphatic carbocycles. The summed E-state index contributed by atoms with van der Waals surface area (Å²) < 4.78 is 1.15. The molecule has 0 fully saturated rings. The lowest BCUT2D eigenvalue weighted by atomic mass is 9.96. The van der Waals surface area contributed by atoms with E-state index in [1.807, 2.05) is 17.0 Å². The van der Waals surface area contributed by atoms with Crippen molar-refractivity contribution in [3.8, 4) is 0 Å². The number of aromatic nitrogens is 1. The molecule has 0 unspecified atom stereocenters. The minimum absolute atomic E-state index is 0.0684. The summed E-state index contributed by atoms with van der Waals surface area (Å²) in [5, 5.41) is 9.05. The van der Waals surface area contributed by atoms with E-state index in [0.29, 0.717) is 6.54 Å². The quantitative estimate of drug-likeness (QED) is 0.919. The van der Waals surface area contributed by atoms with Crippen LogP contribution in [0.15, 0.2) is 24.4 Å². The van der Waals surface area contributed by atoms with Crippen molar-refractivity contribution in [3.05, 3.63) is 29.3 Å². The maximum Gasteiger partial charge on any atom is 0.317 e. The van der Waals surface area contributed by atoms with E-state index < -0.39 is 5.97 Å². The van der Waals surface area contributed by atoms with Gasteiger partial charge in [-0.3, -0.25) is 14.7 Å². The summed E-state index contributed by atoms with van der Waals surface area (Å²) in [5.74, 6) is -0.784. The first-order valence-electron chi connectivity index (χ1n) is 6.61. The van der Waals surface area contributed by atoms with Crippen LogP contribution >= 0.6 is 11.3 Å². The van der Waals surface area contributed by atoms with Gasteiger partial charge in [0.2, 0.25) is 0 Å². The van der Waals surface area contributed by atoms with Gasteiger partial charge in [0.05, 0.1) is 16.8 Å². The monoisotopic (exact) mass is 292 g/mol. The Labute approximate surface area is 123 Å². The van der Waals surface area contributed by atoms with Crippen LogP contribution in [0.2, 0.25) is 0 Å². The molecule has 0 aliphatic rings. The Morgan fingerprint density at radius 2 is 2.20 bits per heavy atom. The minimum atomic E-state index is -0.784. The van der Waals surface area contributed by atoms with E-state index >= 15 is 0 Å². The third-order valence-corrected chi connectivity index (χ3v) is 3.85. The van der Waals surface area contributed by atoms with E-state index in [-0.39, 0.29) is 12.0 Å². The van der Waals surface area contributed by atoms with E-state index in [1.54, 1.807) is 17.5 Å². The van der Waals surface area contributed by atoms with Gasteiger partial charge in [-0.2, -0.15) is 0 Å². The molecule has 2 rings (SSSR count). The number of nitrogens with zero attached hydrogens (tertiary/aromatic N) is 2. The van der Waals surface area contributed by atoms with E-state index in [2.05, 4.69) is 31.8 Å². The highest BCUT2D eigenvalue weighted by Gasteiger charge is 2.19. The van der Waals surface area contributed by atoms with E-state index in [9.17, 15) is 4.79 Å². The normalized spacial score (nSPS) is 12.2. The smallest absolute Gasteiger partial charge is 0.317 e. The average molecular weight is 292 g/mol. The molecular formula is C15H20N2O2S. The lowest BCUT2D eigenvalue weighted by Crippen LogP contribution is -2.35. The number of fused-ring (bicyclic) bond motifs is 1. The molecule has 0 bridgehead atoms. The van der Waals surface area contributed by atoms with Gasteiger partial charge in [0.25, 0.3) is 0 Å². The lowest BCUT2D eigenvalue weighted by molar-refractivity contribution is -0.138. The molecule has 5 heteroatoms. The lowest BCUT2D eigenvalue weighted by Gasteiger charge is -2.28. The first kappa shape index (κ1) is 14.9. The summed E-state index contributed by atoms with van der Waals surface area (Å²) >= 11 is 1.68. The molecule has 0 amide bonds. The van der Waals surface area contributed by atoms with Crippen LogP contribution in [0.1, 0.15) is 25.6 Å². The number of hydrogen-bond donors (Lipinski definition) is 1. The number of hydrogen-bond acceptors (Lipinski definition) is 4. The van der Waals surface area contributed by atoms with Crippen molar-refractivity contribution in [3.63, 3.8) is 0 Å². The van der Waals surface area contributed by atoms with E-state index in [1.165, 1.54) is 0 Å². The van der Waals surface area contributed by atoms with Gasteiger partial charge in [0.1, 0.15) is 0 Å². The van der Waals surface area contributed by atoms with Crippen molar-refractivity contribution in [1.82, 2.24) is 9.88 Å². The highest BCUT2D eigenvalue weighted by Crippen LogP contribution is 2.26. The standard InChI is InChI=1S/C15H20N2O2S/c1-15(2,3)10-17(9-14(18)19)8-11-7-12-13(20-11)5-4-6-16-12/h4-7H,8-10H2,1-3H3,(H,18,19). The van der Waals surface area contributed by atoms with Gasteiger partial charge in [-0.15, -0.1) is 11.3 Å². The fraction of sp³-hybridized carbons (Fsp3) is 0.467. The average Bonchev–Trinajstić information content (AvgIpc) is 2.67. The maximum absolute atomic E-state index is 11.0. The molecule has 20 heavy (non-hydrogen) atoms. The number of aliphatic carboxylic acids is 1. The molecule has 2 heterocycles. The molecule has 0 aromatic carbocycles. The summed E-state index contributed by atoms with van der Waals surface area (Å²) in [4.78, 5) is 18.5. The van der Waals surface area contributed by atoms with Gasteiger partial charge in [-0.1, -0.05) is 20.8 Å². The zero-order valence-electron chi connectivity index (χ0n) is 12.1. The highest BCUT2D eigenvalue weighted by atomic mass is 32.1. The molecule has 0 saturated heterocycles. The number of pyridine rings is 1. The van der Waals surface area contributed by atoms with Gasteiger partial charge >= 0.3 is 5.97 Å². The van der Waals surface area contributed by atoms with Crippen molar-refractivity contribution in [2.24, 2.45) is 5.41 Å². The summed E-state index contributed by atoms with van der Waals surface area (Å²) in [7, 11) is 0. The third-order valence-electron chi connectivity index (χ3n) is 2.77. The van der Waals surface area contributed by atoms with Crippen LogP contribution in [0.3, 0.4) is 0 Å². The molecule has 0 aliphatic heterocycles. The van der Waals surface area contributed by atoms with Crippen molar-refractivity contribution in [2.75, 3.05) is 13.1 Å². The van der Waals surface area contributed by atoms with Gasteiger partial charge < -0.3 is 5.11 Å². The number of thiophene rings is 1. The second kappa shape index (κ2) is 5.89. The third kappa shape index (κ3) is 4.28. The largest absolute Gasteiger partial charge is 0.480 e. The van der Waals surface area contributed by atoms with Crippen molar-refractivity contribution >= 4 is 27.5 Å². The molecule has 2 aromatic rings. The topological polar surface area (TPSA) is 53.4 Å². The van der Waals surface area contributed by atoms with Crippen LogP contribution in [-0.2, 0) is 11.3 Å². The zero-order valence-corrected chi connectivity index (χ0v) is 12.9. The Morgan fingerprint density at radius 1 is 1.45 bits per heavy atom. The fourth-order valence-electron chi connectivity index (χ4n) is 2.25. The van der Waals surface area contributed by atoms with Crippen molar-refractivity contribution in [2.45, 2.75) is 27.3 Å². The van der Waals surface area contributed by atoms with Gasteiger partial charge in [-0.05, 0) is 23.6 Å². The summed E-state index contributed by atoms with van der Waals surface area (Å²) in [6, 6.07) is 6.02. The van der Waals surface area contributed by atoms with E-state index in [0.717, 1.165) is 21.6 Å². The van der Waals surface area contributed by atoms with Crippen molar-refractivity contribution in [1.29, 1.82) is 0 Å². The Kier molecular flexibility index (Phi) is 4.40. The molecule has 4 nitrogen and oxygen atoms in total.